The summed E-state index contributed by atoms with van der Waals surface area (Å²) >= 11 is 0. The Kier molecular flexibility index (Phi) is 7.26. The van der Waals surface area contributed by atoms with Crippen LogP contribution in [0.2, 0.25) is 0 Å². The Morgan fingerprint density at radius 2 is 1.76 bits per heavy atom. The van der Waals surface area contributed by atoms with Crippen molar-refractivity contribution in [2.45, 2.75) is 44.6 Å². The number of aliphatic hydroxyl groups excluding tert-OH is 2. The van der Waals surface area contributed by atoms with E-state index in [9.17, 15) is 24.6 Å². The van der Waals surface area contributed by atoms with E-state index in [0.717, 1.165) is 11.1 Å². The monoisotopic (exact) mass is 565 g/mol. The number of aliphatic hydroxyl groups is 2. The molecule has 12 nitrogen and oxygen atoms in total. The minimum absolute atomic E-state index is 0.0215. The van der Waals surface area contributed by atoms with E-state index in [1.807, 2.05) is 0 Å². The molecule has 3 amide bonds. The summed E-state index contributed by atoms with van der Waals surface area (Å²) in [6, 6.07) is 12.3. The highest BCUT2D eigenvalue weighted by molar-refractivity contribution is 6.06. The lowest BCUT2D eigenvalue weighted by Crippen LogP contribution is -2.55. The highest BCUT2D eigenvalue weighted by Gasteiger charge is 2.59. The van der Waals surface area contributed by atoms with Crippen molar-refractivity contribution in [3.8, 4) is 17.2 Å². The third-order valence-electron chi connectivity index (χ3n) is 8.47. The number of likely N-dealkylation sites (tertiary alicyclic amines) is 1. The van der Waals surface area contributed by atoms with Crippen molar-refractivity contribution in [3.05, 3.63) is 53.6 Å². The van der Waals surface area contributed by atoms with Gasteiger partial charge in [-0.05, 0) is 48.2 Å². The maximum absolute atomic E-state index is 13.6. The molecule has 3 N–H and O–H groups in total. The Morgan fingerprint density at radius 3 is 2.54 bits per heavy atom. The Morgan fingerprint density at radius 1 is 1.02 bits per heavy atom. The molecule has 6 atom stereocenters. The lowest BCUT2D eigenvalue weighted by atomic mass is 9.60. The molecule has 0 unspecified atom stereocenters. The zero-order valence-corrected chi connectivity index (χ0v) is 22.4. The van der Waals surface area contributed by atoms with Gasteiger partial charge in [-0.15, -0.1) is 0 Å². The molecule has 0 aromatic heterocycles. The predicted molar refractivity (Wildman–Crippen MR) is 142 cm³/mol. The first-order valence-corrected chi connectivity index (χ1v) is 13.6. The molecule has 2 aromatic rings. The van der Waals surface area contributed by atoms with Gasteiger partial charge in [-0.1, -0.05) is 18.2 Å². The first-order chi connectivity index (χ1) is 19.8. The van der Waals surface area contributed by atoms with Gasteiger partial charge in [0.2, 0.25) is 18.6 Å². The Labute approximate surface area is 235 Å². The number of fused-ring (bicyclic) bond motifs is 4. The van der Waals surface area contributed by atoms with Crippen molar-refractivity contribution in [3.63, 3.8) is 0 Å². The summed E-state index contributed by atoms with van der Waals surface area (Å²) in [5.41, 5.74) is 4.32. The maximum Gasteiger partial charge on any atom is 0.428 e. The van der Waals surface area contributed by atoms with Crippen molar-refractivity contribution >= 4 is 23.6 Å². The molecule has 6 rings (SSSR count). The Balaban J connectivity index is 1.14. The van der Waals surface area contributed by atoms with Gasteiger partial charge < -0.3 is 29.2 Å². The van der Waals surface area contributed by atoms with Crippen LogP contribution in [0.4, 0.5) is 4.79 Å². The summed E-state index contributed by atoms with van der Waals surface area (Å²) in [5, 5.41) is 25.9. The smallest absolute Gasteiger partial charge is 0.428 e. The zero-order chi connectivity index (χ0) is 28.7. The summed E-state index contributed by atoms with van der Waals surface area (Å²) < 4.78 is 21.1. The van der Waals surface area contributed by atoms with Gasteiger partial charge in [-0.2, -0.15) is 5.10 Å². The summed E-state index contributed by atoms with van der Waals surface area (Å²) in [6.45, 7) is 0.209. The van der Waals surface area contributed by atoms with Gasteiger partial charge >= 0.3 is 6.09 Å². The summed E-state index contributed by atoms with van der Waals surface area (Å²) in [4.78, 5) is 40.6. The quantitative estimate of drug-likeness (QED) is 0.352. The van der Waals surface area contributed by atoms with E-state index < -0.39 is 42.0 Å². The van der Waals surface area contributed by atoms with Crippen molar-refractivity contribution in [1.82, 2.24) is 10.3 Å². The van der Waals surface area contributed by atoms with E-state index in [1.165, 1.54) is 4.90 Å². The number of rotatable bonds is 6. The number of hydrogen-bond acceptors (Lipinski definition) is 10. The Hall–Kier alpha value is -4.16. The molecular formula is C29H31N3O9. The van der Waals surface area contributed by atoms with Gasteiger partial charge in [0, 0.05) is 24.0 Å². The zero-order valence-electron chi connectivity index (χ0n) is 22.4. The van der Waals surface area contributed by atoms with Crippen LogP contribution in [0.15, 0.2) is 47.6 Å². The van der Waals surface area contributed by atoms with Gasteiger partial charge in [-0.25, -0.2) is 10.2 Å². The first kappa shape index (κ1) is 27.0. The van der Waals surface area contributed by atoms with E-state index in [0.29, 0.717) is 35.8 Å². The van der Waals surface area contributed by atoms with Crippen molar-refractivity contribution in [2.75, 3.05) is 13.9 Å². The topological polar surface area (TPSA) is 156 Å². The number of hydrogen-bond donors (Lipinski definition) is 3. The van der Waals surface area contributed by atoms with Crippen molar-refractivity contribution in [2.24, 2.45) is 28.8 Å². The van der Waals surface area contributed by atoms with E-state index in [-0.39, 0.29) is 38.2 Å². The second kappa shape index (κ2) is 11.0. The minimum atomic E-state index is -1.21. The first-order valence-electron chi connectivity index (χ1n) is 13.6. The Bertz CT molecular complexity index is 1380. The average molecular weight is 566 g/mol. The summed E-state index contributed by atoms with van der Waals surface area (Å²) in [6.07, 6.45) is -2.25. The van der Waals surface area contributed by atoms with Crippen LogP contribution in [-0.4, -0.2) is 64.8 Å². The molecule has 216 valence electrons. The fourth-order valence-corrected chi connectivity index (χ4v) is 6.46. The van der Waals surface area contributed by atoms with Crippen LogP contribution in [0.25, 0.3) is 0 Å². The normalized spacial score (nSPS) is 29.2. The van der Waals surface area contributed by atoms with Crippen LogP contribution < -0.4 is 19.6 Å². The van der Waals surface area contributed by atoms with Crippen molar-refractivity contribution in [1.29, 1.82) is 0 Å². The molecule has 0 bridgehead atoms. The number of nitrogens with zero attached hydrogens (tertiary/aromatic N) is 2. The summed E-state index contributed by atoms with van der Waals surface area (Å²) in [5.74, 6) is -1.33. The fourth-order valence-electron chi connectivity index (χ4n) is 6.46. The molecule has 0 radical (unpaired) electrons. The number of carbonyl (C=O) groups is 3. The highest BCUT2D eigenvalue weighted by Crippen LogP contribution is 2.50. The SMILES string of the molecule is COc1ccc(COC(=O)NN=C2C[C@@H](O)[C@@H](O)[C@@H]3[C@@H]4C(=O)N(Cc5ccc6c(c5)OCO6)C(=O)[C@@H]4CC[C@H]23)cc1. The molecule has 12 heteroatoms. The third-order valence-corrected chi connectivity index (χ3v) is 8.47. The van der Waals surface area contributed by atoms with E-state index in [1.54, 1.807) is 49.6 Å². The lowest BCUT2D eigenvalue weighted by molar-refractivity contribution is -0.142. The number of methoxy groups -OCH3 is 1. The van der Waals surface area contributed by atoms with Gasteiger partial charge in [0.05, 0.1) is 37.7 Å². The number of hydrazone groups is 1. The number of carbonyl (C=O) groups excluding carboxylic acids is 3. The molecule has 41 heavy (non-hydrogen) atoms. The molecule has 2 aromatic carbocycles. The number of imide groups is 1. The van der Waals surface area contributed by atoms with Crippen LogP contribution >= 0.6 is 0 Å². The molecule has 2 heterocycles. The number of ether oxygens (including phenoxy) is 4. The second-order valence-electron chi connectivity index (χ2n) is 10.7. The third kappa shape index (κ3) is 5.08. The second-order valence-corrected chi connectivity index (χ2v) is 10.7. The van der Waals surface area contributed by atoms with Crippen LogP contribution in [-0.2, 0) is 27.5 Å². The number of benzene rings is 2. The van der Waals surface area contributed by atoms with Crippen LogP contribution in [0.1, 0.15) is 30.4 Å². The summed E-state index contributed by atoms with van der Waals surface area (Å²) in [7, 11) is 1.56. The lowest BCUT2D eigenvalue weighted by Gasteiger charge is -2.45. The van der Waals surface area contributed by atoms with Gasteiger partial charge in [0.25, 0.3) is 0 Å². The average Bonchev–Trinajstić information content (AvgIpc) is 3.55. The molecule has 0 spiro atoms. The van der Waals surface area contributed by atoms with Crippen LogP contribution in [0.5, 0.6) is 17.2 Å². The highest BCUT2D eigenvalue weighted by atomic mass is 16.7. The van der Waals surface area contributed by atoms with E-state index in [4.69, 9.17) is 18.9 Å². The molecule has 4 aliphatic rings. The molecule has 2 aliphatic carbocycles. The van der Waals surface area contributed by atoms with E-state index >= 15 is 0 Å². The van der Waals surface area contributed by atoms with Crippen molar-refractivity contribution < 1.29 is 43.5 Å². The fraction of sp³-hybridized carbons (Fsp3) is 0.448. The molecule has 2 saturated carbocycles. The standard InChI is InChI=1S/C29H31N3O9/c1-38-17-5-2-15(3-6-17)13-39-29(37)31-30-20-11-21(33)26(34)24-18(20)7-8-19-25(24)28(36)32(27(19)35)12-16-4-9-22-23(10-16)41-14-40-22/h2-6,9-10,18-19,21,24-26,33-34H,7-8,11-14H2,1H3,(H,31,37)/t18-,19-,21-,24+,25-,26-/m1/s1. The van der Waals surface area contributed by atoms with Gasteiger partial charge in [0.1, 0.15) is 12.4 Å². The largest absolute Gasteiger partial charge is 0.497 e. The number of nitrogens with one attached hydrogen (secondary N) is 1. The van der Waals surface area contributed by atoms with Gasteiger partial charge in [0.15, 0.2) is 11.5 Å². The van der Waals surface area contributed by atoms with Gasteiger partial charge in [-0.3, -0.25) is 14.5 Å². The van der Waals surface area contributed by atoms with Crippen LogP contribution in [0.3, 0.4) is 0 Å². The predicted octanol–water partition coefficient (Wildman–Crippen LogP) is 1.96. The maximum atomic E-state index is 13.6. The van der Waals surface area contributed by atoms with Crippen LogP contribution in [0, 0.1) is 23.7 Å². The molecular weight excluding hydrogens is 534 g/mol. The molecule has 1 saturated heterocycles. The molecule has 3 fully saturated rings. The van der Waals surface area contributed by atoms with E-state index in [2.05, 4.69) is 10.5 Å². The minimum Gasteiger partial charge on any atom is -0.497 e. The molecule has 2 aliphatic heterocycles. The number of amides is 3.